The van der Waals surface area contributed by atoms with Gasteiger partial charge < -0.3 is 0 Å². The molecule has 2 aliphatic rings. The molecule has 0 fully saturated rings. The normalized spacial score (nSPS) is 13.7. The molecule has 152 valence electrons. The number of allylic oxidation sites excluding steroid dienone is 8. The van der Waals surface area contributed by atoms with Crippen LogP contribution in [0, 0.1) is 12.2 Å². The first-order valence-electron chi connectivity index (χ1n) is 10.8. The van der Waals surface area contributed by atoms with Crippen LogP contribution in [0.3, 0.4) is 0 Å². The second-order valence-corrected chi connectivity index (χ2v) is 16.9. The summed E-state index contributed by atoms with van der Waals surface area (Å²) in [6, 6.07) is 17.4. The summed E-state index contributed by atoms with van der Waals surface area (Å²) in [5.41, 5.74) is 8.09. The Morgan fingerprint density at radius 2 is 1.17 bits per heavy atom. The summed E-state index contributed by atoms with van der Waals surface area (Å²) in [5, 5.41) is 0. The van der Waals surface area contributed by atoms with Crippen molar-refractivity contribution in [1.82, 2.24) is 0 Å². The molecule has 0 aromatic heterocycles. The third-order valence-corrected chi connectivity index (χ3v) is 4.68. The van der Waals surface area contributed by atoms with Crippen LogP contribution in [0.25, 0.3) is 11.1 Å². The molecule has 0 spiro atoms. The quantitative estimate of drug-likeness (QED) is 0.308. The fourth-order valence-electron chi connectivity index (χ4n) is 3.12. The summed E-state index contributed by atoms with van der Waals surface area (Å²) in [5.74, 6) is 0. The second kappa shape index (κ2) is 13.7. The summed E-state index contributed by atoms with van der Waals surface area (Å²) in [7, 11) is 0. The van der Waals surface area contributed by atoms with Gasteiger partial charge in [0, 0.05) is 0 Å². The van der Waals surface area contributed by atoms with E-state index in [1.807, 2.05) is 0 Å². The number of aryl methyl sites for hydroxylation is 2. The Morgan fingerprint density at radius 1 is 0.767 bits per heavy atom. The zero-order valence-corrected chi connectivity index (χ0v) is 22.2. The van der Waals surface area contributed by atoms with Gasteiger partial charge in [-0.25, -0.2) is 0 Å². The Morgan fingerprint density at radius 3 is 1.47 bits per heavy atom. The van der Waals surface area contributed by atoms with Crippen LogP contribution in [0.5, 0.6) is 0 Å². The molecule has 0 aliphatic heterocycles. The fourth-order valence-corrected chi connectivity index (χ4v) is 3.12. The van der Waals surface area contributed by atoms with Gasteiger partial charge in [0.25, 0.3) is 0 Å². The Balaban J connectivity index is 0.000000182. The van der Waals surface area contributed by atoms with Gasteiger partial charge in [-0.05, 0) is 12.8 Å². The molecule has 0 bridgehead atoms. The Hall–Kier alpha value is -1.50. The summed E-state index contributed by atoms with van der Waals surface area (Å²) in [4.78, 5) is 0. The topological polar surface area (TPSA) is 0 Å². The van der Waals surface area contributed by atoms with Crippen LogP contribution in [-0.4, -0.2) is 5.43 Å². The van der Waals surface area contributed by atoms with Crippen LogP contribution in [-0.2, 0) is 36.2 Å². The summed E-state index contributed by atoms with van der Waals surface area (Å²) < 4.78 is 0. The van der Waals surface area contributed by atoms with E-state index < -0.39 is 0 Å². The number of rotatable bonds is 4. The second-order valence-electron chi connectivity index (χ2n) is 7.50. The summed E-state index contributed by atoms with van der Waals surface area (Å²) >= 11 is 1.74. The molecule has 0 saturated heterocycles. The van der Waals surface area contributed by atoms with Crippen LogP contribution < -0.4 is 0 Å². The Labute approximate surface area is 198 Å². The zero-order valence-electron chi connectivity index (χ0n) is 18.8. The fraction of sp³-hybridized carbons (Fsp3) is 0.286. The SMILES string of the molecule is CCc1cccc(C2=[C-]CC=C2)c1.CCc1cccc(C2=[C-]CC=C2)c1.C[Si](C)=[Zr+2]. The molecule has 0 N–H and O–H groups in total. The van der Waals surface area contributed by atoms with Gasteiger partial charge in [0.1, 0.15) is 0 Å². The molecule has 2 aromatic carbocycles. The molecule has 2 heteroatoms. The molecule has 30 heavy (non-hydrogen) atoms. The van der Waals surface area contributed by atoms with Crippen molar-refractivity contribution >= 4 is 16.6 Å². The molecular weight excluding hydrogens is 456 g/mol. The third-order valence-electron chi connectivity index (χ3n) is 4.68. The van der Waals surface area contributed by atoms with E-state index in [1.165, 1.54) is 33.4 Å². The van der Waals surface area contributed by atoms with Crippen LogP contribution in [0.2, 0.25) is 13.1 Å². The van der Waals surface area contributed by atoms with Crippen LogP contribution in [0.4, 0.5) is 0 Å². The van der Waals surface area contributed by atoms with Crippen molar-refractivity contribution in [3.8, 4) is 0 Å². The zero-order chi connectivity index (χ0) is 21.8. The van der Waals surface area contributed by atoms with Gasteiger partial charge in [-0.1, -0.05) is 62.1 Å². The number of hydrogen-bond acceptors (Lipinski definition) is 0. The predicted octanol–water partition coefficient (Wildman–Crippen LogP) is 7.58. The first kappa shape index (κ1) is 24.8. The third kappa shape index (κ3) is 8.70. The Bertz CT molecular complexity index is 883. The molecule has 0 nitrogen and oxygen atoms in total. The molecule has 0 radical (unpaired) electrons. The molecule has 0 unspecified atom stereocenters. The maximum absolute atomic E-state index is 3.33. The molecule has 2 aliphatic carbocycles. The van der Waals surface area contributed by atoms with E-state index in [2.05, 4.69) is 112 Å². The van der Waals surface area contributed by atoms with E-state index in [9.17, 15) is 0 Å². The molecule has 2 aromatic rings. The van der Waals surface area contributed by atoms with E-state index in [4.69, 9.17) is 0 Å². The first-order chi connectivity index (χ1) is 14.5. The van der Waals surface area contributed by atoms with Gasteiger partial charge in [-0.2, -0.15) is 35.5 Å². The minimum absolute atomic E-state index is 0.210. The van der Waals surface area contributed by atoms with Gasteiger partial charge in [-0.3, -0.25) is 0 Å². The summed E-state index contributed by atoms with van der Waals surface area (Å²) in [6.45, 7) is 8.98. The molecule has 0 amide bonds. The summed E-state index contributed by atoms with van der Waals surface area (Å²) in [6.07, 6.45) is 19.4. The molecule has 0 saturated carbocycles. The average Bonchev–Trinajstić information content (AvgIpc) is 3.48. The van der Waals surface area contributed by atoms with Crippen molar-refractivity contribution in [1.29, 1.82) is 0 Å². The molecule has 0 atom stereocenters. The van der Waals surface area contributed by atoms with E-state index in [-0.39, 0.29) is 5.43 Å². The van der Waals surface area contributed by atoms with Gasteiger partial charge >= 0.3 is 41.9 Å². The monoisotopic (exact) mass is 486 g/mol. The molecule has 0 heterocycles. The average molecular weight is 488 g/mol. The number of benzene rings is 2. The van der Waals surface area contributed by atoms with Crippen molar-refractivity contribution in [2.75, 3.05) is 0 Å². The van der Waals surface area contributed by atoms with Crippen LogP contribution in [0.1, 0.15) is 48.9 Å². The molecule has 4 rings (SSSR count). The first-order valence-corrected chi connectivity index (χ1v) is 17.0. The standard InChI is InChI=1S/2C13H13.C2H6Si.Zr/c2*1-2-11-6-5-9-13(10-11)12-7-3-4-8-12;1-3-2;/h2*3,5-7,9-10H,2,4H2,1H3;1-2H3;/q2*-1;;+2. The van der Waals surface area contributed by atoms with Crippen LogP contribution in [0.15, 0.2) is 72.8 Å². The van der Waals surface area contributed by atoms with Gasteiger partial charge in [-0.15, -0.1) is 47.5 Å². The van der Waals surface area contributed by atoms with Crippen molar-refractivity contribution in [3.05, 3.63) is 107 Å². The van der Waals surface area contributed by atoms with Gasteiger partial charge in [0.2, 0.25) is 0 Å². The van der Waals surface area contributed by atoms with E-state index in [1.54, 1.807) is 23.3 Å². The maximum atomic E-state index is 3.33. The van der Waals surface area contributed by atoms with E-state index in [0.29, 0.717) is 0 Å². The van der Waals surface area contributed by atoms with Crippen molar-refractivity contribution in [3.63, 3.8) is 0 Å². The van der Waals surface area contributed by atoms with Crippen LogP contribution >= 0.6 is 0 Å². The van der Waals surface area contributed by atoms with Crippen molar-refractivity contribution in [2.24, 2.45) is 0 Å². The van der Waals surface area contributed by atoms with Crippen molar-refractivity contribution < 1.29 is 23.3 Å². The van der Waals surface area contributed by atoms with Gasteiger partial charge in [0.05, 0.1) is 0 Å². The molecular formula is C28H32SiZr. The number of hydrogen-bond donors (Lipinski definition) is 0. The predicted molar refractivity (Wildman–Crippen MR) is 130 cm³/mol. The van der Waals surface area contributed by atoms with E-state index in [0.717, 1.165) is 25.7 Å². The Kier molecular flexibility index (Phi) is 11.3. The van der Waals surface area contributed by atoms with E-state index >= 15 is 0 Å². The van der Waals surface area contributed by atoms with Gasteiger partial charge in [0.15, 0.2) is 0 Å². The minimum atomic E-state index is 0.210. The van der Waals surface area contributed by atoms with Crippen molar-refractivity contribution in [2.45, 2.75) is 52.6 Å².